The van der Waals surface area contributed by atoms with Gasteiger partial charge in [0.2, 0.25) is 0 Å². The summed E-state index contributed by atoms with van der Waals surface area (Å²) in [4.78, 5) is 13.6. The van der Waals surface area contributed by atoms with Gasteiger partial charge >= 0.3 is 6.18 Å². The minimum absolute atomic E-state index is 0.111. The van der Waals surface area contributed by atoms with Gasteiger partial charge < -0.3 is 15.2 Å². The molecule has 4 nitrogen and oxygen atoms in total. The molecule has 0 radical (unpaired) electrons. The lowest BCUT2D eigenvalue weighted by molar-refractivity contribution is -0.185. The largest absolute Gasteiger partial charge is 0.398 e. The third-order valence-corrected chi connectivity index (χ3v) is 3.93. The number of likely N-dealkylation sites (tertiary alicyclic amines) is 1. The van der Waals surface area contributed by atoms with E-state index in [1.54, 1.807) is 12.3 Å². The summed E-state index contributed by atoms with van der Waals surface area (Å²) in [7, 11) is 0. The molecule has 1 fully saturated rings. The summed E-state index contributed by atoms with van der Waals surface area (Å²) in [5.74, 6) is -1.16. The minimum Gasteiger partial charge on any atom is -0.398 e. The van der Waals surface area contributed by atoms with Gasteiger partial charge in [0.15, 0.2) is 0 Å². The van der Waals surface area contributed by atoms with Crippen LogP contribution in [0.3, 0.4) is 0 Å². The Hall–Kier alpha value is -1.50. The third kappa shape index (κ3) is 4.49. The van der Waals surface area contributed by atoms with Crippen LogP contribution in [0.25, 0.3) is 0 Å². The summed E-state index contributed by atoms with van der Waals surface area (Å²) >= 11 is 0. The van der Waals surface area contributed by atoms with Gasteiger partial charge in [0.1, 0.15) is 0 Å². The van der Waals surface area contributed by atoms with E-state index in [4.69, 9.17) is 5.73 Å². The number of nitrogens with zero attached hydrogens (tertiary/aromatic N) is 2. The number of rotatable bonds is 4. The lowest BCUT2D eigenvalue weighted by Gasteiger charge is -2.32. The highest BCUT2D eigenvalue weighted by atomic mass is 19.4. The van der Waals surface area contributed by atoms with Gasteiger partial charge in [-0.25, -0.2) is 0 Å². The van der Waals surface area contributed by atoms with Crippen molar-refractivity contribution < 1.29 is 13.2 Å². The van der Waals surface area contributed by atoms with Crippen LogP contribution in [-0.4, -0.2) is 35.3 Å². The number of alkyl halides is 3. The van der Waals surface area contributed by atoms with Crippen molar-refractivity contribution in [2.24, 2.45) is 5.92 Å². The zero-order valence-electron chi connectivity index (χ0n) is 11.8. The molecular formula is C14H20F3N3O. The van der Waals surface area contributed by atoms with E-state index in [1.807, 2.05) is 4.90 Å². The first-order valence-electron chi connectivity index (χ1n) is 7.11. The summed E-state index contributed by atoms with van der Waals surface area (Å²) in [6.45, 7) is 2.17. The number of pyridine rings is 1. The van der Waals surface area contributed by atoms with Gasteiger partial charge in [-0.15, -0.1) is 0 Å². The van der Waals surface area contributed by atoms with Crippen LogP contribution >= 0.6 is 0 Å². The number of anilines is 1. The van der Waals surface area contributed by atoms with Crippen molar-refractivity contribution in [2.45, 2.75) is 32.0 Å². The van der Waals surface area contributed by atoms with Gasteiger partial charge in [0.25, 0.3) is 5.56 Å². The summed E-state index contributed by atoms with van der Waals surface area (Å²) in [6, 6.07) is 2.98. The summed E-state index contributed by atoms with van der Waals surface area (Å²) < 4.78 is 39.2. The molecule has 1 aromatic rings. The van der Waals surface area contributed by atoms with Crippen LogP contribution in [0.4, 0.5) is 18.9 Å². The van der Waals surface area contributed by atoms with E-state index < -0.39 is 12.1 Å². The lowest BCUT2D eigenvalue weighted by atomic mass is 9.96. The van der Waals surface area contributed by atoms with Crippen LogP contribution in [0.15, 0.2) is 23.1 Å². The molecule has 0 saturated carbocycles. The number of nitrogens with two attached hydrogens (primary N) is 1. The second kappa shape index (κ2) is 6.51. The molecule has 118 valence electrons. The van der Waals surface area contributed by atoms with Crippen LogP contribution in [0.2, 0.25) is 0 Å². The van der Waals surface area contributed by atoms with E-state index in [9.17, 15) is 18.0 Å². The Morgan fingerprint density at radius 3 is 2.48 bits per heavy atom. The summed E-state index contributed by atoms with van der Waals surface area (Å²) in [5.41, 5.74) is 6.04. The first-order valence-corrected chi connectivity index (χ1v) is 7.11. The zero-order chi connectivity index (χ0) is 15.5. The predicted octanol–water partition coefficient (Wildman–Crippen LogP) is 2.09. The lowest BCUT2D eigenvalue weighted by Crippen LogP contribution is -2.39. The van der Waals surface area contributed by atoms with Crippen molar-refractivity contribution in [1.29, 1.82) is 0 Å². The molecule has 0 spiro atoms. The van der Waals surface area contributed by atoms with Gasteiger partial charge in [-0.1, -0.05) is 0 Å². The van der Waals surface area contributed by atoms with Crippen molar-refractivity contribution in [3.05, 3.63) is 28.7 Å². The Labute approximate surface area is 121 Å². The normalized spacial score (nSPS) is 18.0. The number of piperidine rings is 1. The van der Waals surface area contributed by atoms with Gasteiger partial charge in [0.05, 0.1) is 5.92 Å². The number of nitrogen functional groups attached to an aromatic ring is 1. The summed E-state index contributed by atoms with van der Waals surface area (Å²) in [6.07, 6.45) is -1.41. The monoisotopic (exact) mass is 303 g/mol. The standard InChI is InChI=1S/C14H20F3N3O/c15-14(16,17)11-4-8-19(9-5-11)6-1-7-20-10-12(18)2-3-13(20)21/h2-3,10-11H,1,4-9,18H2. The molecule has 21 heavy (non-hydrogen) atoms. The van der Waals surface area contributed by atoms with E-state index in [0.717, 1.165) is 6.42 Å². The molecule has 0 bridgehead atoms. The highest BCUT2D eigenvalue weighted by Crippen LogP contribution is 2.33. The molecule has 0 unspecified atom stereocenters. The molecule has 1 aliphatic heterocycles. The molecule has 2 heterocycles. The molecule has 2 rings (SSSR count). The number of halogens is 3. The Morgan fingerprint density at radius 2 is 1.86 bits per heavy atom. The molecular weight excluding hydrogens is 283 g/mol. The zero-order valence-corrected chi connectivity index (χ0v) is 11.8. The fourth-order valence-corrected chi connectivity index (χ4v) is 2.67. The molecule has 0 atom stereocenters. The minimum atomic E-state index is -4.07. The van der Waals surface area contributed by atoms with Crippen LogP contribution in [0, 0.1) is 5.92 Å². The number of hydrogen-bond donors (Lipinski definition) is 1. The van der Waals surface area contributed by atoms with E-state index in [-0.39, 0.29) is 18.4 Å². The van der Waals surface area contributed by atoms with Crippen molar-refractivity contribution >= 4 is 5.69 Å². The van der Waals surface area contributed by atoms with Crippen molar-refractivity contribution in [1.82, 2.24) is 9.47 Å². The SMILES string of the molecule is Nc1ccc(=O)n(CCCN2CCC(C(F)(F)F)CC2)c1. The van der Waals surface area contributed by atoms with Crippen molar-refractivity contribution in [3.63, 3.8) is 0 Å². The summed E-state index contributed by atoms with van der Waals surface area (Å²) in [5, 5.41) is 0. The molecule has 0 amide bonds. The van der Waals surface area contributed by atoms with Gasteiger partial charge in [-0.2, -0.15) is 13.2 Å². The first kappa shape index (κ1) is 15.9. The van der Waals surface area contributed by atoms with E-state index >= 15 is 0 Å². The quantitative estimate of drug-likeness (QED) is 0.926. The van der Waals surface area contributed by atoms with Gasteiger partial charge in [-0.05, 0) is 45.0 Å². The third-order valence-electron chi connectivity index (χ3n) is 3.93. The highest BCUT2D eigenvalue weighted by Gasteiger charge is 2.40. The van der Waals surface area contributed by atoms with Gasteiger partial charge in [0, 0.05) is 24.5 Å². The van der Waals surface area contributed by atoms with Gasteiger partial charge in [-0.3, -0.25) is 4.79 Å². The smallest absolute Gasteiger partial charge is 0.391 e. The van der Waals surface area contributed by atoms with Crippen LogP contribution in [0.5, 0.6) is 0 Å². The average Bonchev–Trinajstić information content (AvgIpc) is 2.42. The molecule has 1 aliphatic rings. The highest BCUT2D eigenvalue weighted by molar-refractivity contribution is 5.33. The fourth-order valence-electron chi connectivity index (χ4n) is 2.67. The fraction of sp³-hybridized carbons (Fsp3) is 0.643. The van der Waals surface area contributed by atoms with E-state index in [0.29, 0.717) is 31.9 Å². The molecule has 1 aromatic heterocycles. The Kier molecular flexibility index (Phi) is 4.92. The molecule has 0 aromatic carbocycles. The topological polar surface area (TPSA) is 51.3 Å². The van der Waals surface area contributed by atoms with Crippen LogP contribution in [-0.2, 0) is 6.54 Å². The maximum atomic E-state index is 12.6. The van der Waals surface area contributed by atoms with E-state index in [1.165, 1.54) is 10.6 Å². The number of hydrogen-bond acceptors (Lipinski definition) is 3. The van der Waals surface area contributed by atoms with Crippen molar-refractivity contribution in [2.75, 3.05) is 25.4 Å². The molecule has 2 N–H and O–H groups in total. The molecule has 1 saturated heterocycles. The molecule has 0 aliphatic carbocycles. The second-order valence-corrected chi connectivity index (χ2v) is 5.51. The molecule has 7 heteroatoms. The Bertz CT molecular complexity index is 519. The number of aryl methyl sites for hydroxylation is 1. The van der Waals surface area contributed by atoms with Crippen LogP contribution in [0.1, 0.15) is 19.3 Å². The van der Waals surface area contributed by atoms with Crippen LogP contribution < -0.4 is 11.3 Å². The van der Waals surface area contributed by atoms with Crippen molar-refractivity contribution in [3.8, 4) is 0 Å². The Balaban J connectivity index is 1.75. The Morgan fingerprint density at radius 1 is 1.19 bits per heavy atom. The van der Waals surface area contributed by atoms with E-state index in [2.05, 4.69) is 0 Å². The maximum Gasteiger partial charge on any atom is 0.391 e. The maximum absolute atomic E-state index is 12.6. The number of aromatic nitrogens is 1. The average molecular weight is 303 g/mol. The predicted molar refractivity (Wildman–Crippen MR) is 75.0 cm³/mol. The second-order valence-electron chi connectivity index (χ2n) is 5.51. The first-order chi connectivity index (χ1) is 9.86.